The normalized spacial score (nSPS) is 22.4. The van der Waals surface area contributed by atoms with Gasteiger partial charge in [-0.2, -0.15) is 0 Å². The summed E-state index contributed by atoms with van der Waals surface area (Å²) in [7, 11) is 0. The van der Waals surface area contributed by atoms with Gasteiger partial charge in [-0.1, -0.05) is 36.4 Å². The molecule has 180 valence electrons. The van der Waals surface area contributed by atoms with Gasteiger partial charge in [-0.25, -0.2) is 4.39 Å². The van der Waals surface area contributed by atoms with Gasteiger partial charge in [-0.3, -0.25) is 9.69 Å². The highest BCUT2D eigenvalue weighted by Crippen LogP contribution is 2.26. The van der Waals surface area contributed by atoms with E-state index >= 15 is 0 Å². The summed E-state index contributed by atoms with van der Waals surface area (Å²) in [4.78, 5) is 18.1. The van der Waals surface area contributed by atoms with Crippen LogP contribution in [0.15, 0.2) is 54.6 Å². The number of rotatable bonds is 5. The fourth-order valence-electron chi connectivity index (χ4n) is 5.63. The second-order valence-corrected chi connectivity index (χ2v) is 9.98. The van der Waals surface area contributed by atoms with Crippen molar-refractivity contribution in [1.29, 1.82) is 0 Å². The Bertz CT molecular complexity index is 1140. The van der Waals surface area contributed by atoms with E-state index in [1.54, 1.807) is 12.1 Å². The highest BCUT2D eigenvalue weighted by atomic mass is 19.1. The molecular formula is C28H34FN3O2. The van der Waals surface area contributed by atoms with Crippen LogP contribution in [-0.4, -0.2) is 65.2 Å². The zero-order valence-corrected chi connectivity index (χ0v) is 20.1. The number of likely N-dealkylation sites (tertiary alicyclic amines) is 1. The molecule has 3 aromatic rings. The number of hydrogen-bond donors (Lipinski definition) is 0. The molecule has 2 aliphatic heterocycles. The number of fused-ring (bicyclic) bond motifs is 1. The molecule has 2 aromatic carbocycles. The number of amides is 1. The molecule has 2 unspecified atom stereocenters. The van der Waals surface area contributed by atoms with Gasteiger partial charge in [-0.15, -0.1) is 0 Å². The van der Waals surface area contributed by atoms with Gasteiger partial charge in [0.15, 0.2) is 0 Å². The molecule has 5 nitrogen and oxygen atoms in total. The molecule has 6 heteroatoms. The molecule has 2 saturated heterocycles. The maximum absolute atomic E-state index is 14.4. The van der Waals surface area contributed by atoms with E-state index in [0.717, 1.165) is 56.5 Å². The third-order valence-corrected chi connectivity index (χ3v) is 7.23. The Labute approximate surface area is 201 Å². The molecule has 0 aliphatic carbocycles. The van der Waals surface area contributed by atoms with Crippen LogP contribution in [0.2, 0.25) is 0 Å². The molecule has 2 atom stereocenters. The molecule has 0 spiro atoms. The van der Waals surface area contributed by atoms with Crippen molar-refractivity contribution in [2.75, 3.05) is 32.7 Å². The van der Waals surface area contributed by atoms with Gasteiger partial charge in [0.1, 0.15) is 11.5 Å². The zero-order valence-electron chi connectivity index (χ0n) is 20.1. The van der Waals surface area contributed by atoms with Gasteiger partial charge in [0.25, 0.3) is 5.91 Å². The number of morpholine rings is 1. The molecule has 3 heterocycles. The van der Waals surface area contributed by atoms with Crippen LogP contribution in [0.3, 0.4) is 0 Å². The number of nitrogens with zero attached hydrogens (tertiary/aromatic N) is 3. The molecule has 0 saturated carbocycles. The van der Waals surface area contributed by atoms with E-state index < -0.39 is 0 Å². The Morgan fingerprint density at radius 2 is 1.68 bits per heavy atom. The maximum atomic E-state index is 14.4. The highest BCUT2D eigenvalue weighted by molar-refractivity contribution is 5.99. The summed E-state index contributed by atoms with van der Waals surface area (Å²) < 4.78 is 22.3. The second kappa shape index (κ2) is 9.88. The van der Waals surface area contributed by atoms with Crippen molar-refractivity contribution in [3.05, 3.63) is 71.7 Å². The number of ether oxygens (including phenoxy) is 1. The van der Waals surface area contributed by atoms with E-state index in [2.05, 4.69) is 18.7 Å². The minimum absolute atomic E-state index is 0.0413. The quantitative estimate of drug-likeness (QED) is 0.546. The number of para-hydroxylation sites is 1. The average Bonchev–Trinajstić information content (AvgIpc) is 3.18. The first-order valence-corrected chi connectivity index (χ1v) is 12.5. The number of carbonyl (C=O) groups is 1. The van der Waals surface area contributed by atoms with Crippen molar-refractivity contribution in [3.8, 4) is 0 Å². The van der Waals surface area contributed by atoms with Crippen LogP contribution in [0.1, 0.15) is 42.7 Å². The SMILES string of the molecule is CC1CN(CC2CCN(C(=O)c3cc4ccccc4n3Cc3ccccc3F)CC2)CC(C)O1. The summed E-state index contributed by atoms with van der Waals surface area (Å²) in [6.07, 6.45) is 2.59. The monoisotopic (exact) mass is 463 g/mol. The van der Waals surface area contributed by atoms with E-state index in [-0.39, 0.29) is 23.9 Å². The summed E-state index contributed by atoms with van der Waals surface area (Å²) in [5.41, 5.74) is 2.18. The number of benzene rings is 2. The number of carbonyl (C=O) groups excluding carboxylic acids is 1. The molecule has 0 N–H and O–H groups in total. The molecule has 0 bridgehead atoms. The Morgan fingerprint density at radius 1 is 1.00 bits per heavy atom. The molecule has 1 amide bonds. The summed E-state index contributed by atoms with van der Waals surface area (Å²) >= 11 is 0. The summed E-state index contributed by atoms with van der Waals surface area (Å²) in [6, 6.07) is 16.7. The lowest BCUT2D eigenvalue weighted by molar-refractivity contribution is -0.0728. The van der Waals surface area contributed by atoms with Crippen molar-refractivity contribution in [1.82, 2.24) is 14.4 Å². The van der Waals surface area contributed by atoms with Gasteiger partial charge in [0.2, 0.25) is 0 Å². The topological polar surface area (TPSA) is 37.7 Å². The predicted molar refractivity (Wildman–Crippen MR) is 133 cm³/mol. The van der Waals surface area contributed by atoms with Crippen molar-refractivity contribution in [2.45, 2.75) is 45.4 Å². The van der Waals surface area contributed by atoms with Crippen LogP contribution in [0.5, 0.6) is 0 Å². The van der Waals surface area contributed by atoms with Gasteiger partial charge in [0, 0.05) is 49.2 Å². The Morgan fingerprint density at radius 3 is 2.41 bits per heavy atom. The van der Waals surface area contributed by atoms with Crippen molar-refractivity contribution >= 4 is 16.8 Å². The predicted octanol–water partition coefficient (Wildman–Crippen LogP) is 4.79. The molecule has 0 radical (unpaired) electrons. The molecular weight excluding hydrogens is 429 g/mol. The van der Waals surface area contributed by atoms with Crippen molar-refractivity contribution in [3.63, 3.8) is 0 Å². The average molecular weight is 464 g/mol. The first-order valence-electron chi connectivity index (χ1n) is 12.5. The first kappa shape index (κ1) is 23.1. The summed E-state index contributed by atoms with van der Waals surface area (Å²) in [5.74, 6) is 0.400. The third kappa shape index (κ3) is 4.89. The van der Waals surface area contributed by atoms with Gasteiger partial charge in [-0.05, 0) is 50.8 Å². The third-order valence-electron chi connectivity index (χ3n) is 7.23. The van der Waals surface area contributed by atoms with Crippen LogP contribution >= 0.6 is 0 Å². The standard InChI is InChI=1S/C28H34FN3O2/c1-20-16-30(17-21(2)34-20)18-22-11-13-31(14-12-22)28(33)27-15-23-7-4-6-10-26(23)32(27)19-24-8-3-5-9-25(24)29/h3-10,15,20-22H,11-14,16-19H2,1-2H3. The molecule has 2 fully saturated rings. The van der Waals surface area contributed by atoms with Gasteiger partial charge < -0.3 is 14.2 Å². The molecule has 34 heavy (non-hydrogen) atoms. The number of piperidine rings is 1. The Balaban J connectivity index is 1.30. The van der Waals surface area contributed by atoms with E-state index in [0.29, 0.717) is 23.7 Å². The fraction of sp³-hybridized carbons (Fsp3) is 0.464. The van der Waals surface area contributed by atoms with Crippen LogP contribution < -0.4 is 0 Å². The van der Waals surface area contributed by atoms with Crippen LogP contribution in [-0.2, 0) is 11.3 Å². The number of aromatic nitrogens is 1. The maximum Gasteiger partial charge on any atom is 0.270 e. The van der Waals surface area contributed by atoms with Crippen molar-refractivity contribution < 1.29 is 13.9 Å². The first-order chi connectivity index (χ1) is 16.5. The molecule has 2 aliphatic rings. The summed E-state index contributed by atoms with van der Waals surface area (Å²) in [6.45, 7) is 9.20. The van der Waals surface area contributed by atoms with Crippen LogP contribution in [0, 0.1) is 11.7 Å². The summed E-state index contributed by atoms with van der Waals surface area (Å²) in [5, 5.41) is 1.01. The zero-order chi connectivity index (χ0) is 23.7. The number of halogens is 1. The van der Waals surface area contributed by atoms with E-state index in [1.807, 2.05) is 45.9 Å². The molecule has 5 rings (SSSR count). The minimum atomic E-state index is -0.244. The highest BCUT2D eigenvalue weighted by Gasteiger charge is 2.29. The Hall–Kier alpha value is -2.70. The molecule has 1 aromatic heterocycles. The fourth-order valence-corrected chi connectivity index (χ4v) is 5.63. The van der Waals surface area contributed by atoms with Gasteiger partial charge in [0.05, 0.1) is 18.8 Å². The lowest BCUT2D eigenvalue weighted by atomic mass is 9.95. The lowest BCUT2D eigenvalue weighted by Crippen LogP contribution is -2.48. The van der Waals surface area contributed by atoms with Crippen LogP contribution in [0.25, 0.3) is 10.9 Å². The smallest absolute Gasteiger partial charge is 0.270 e. The van der Waals surface area contributed by atoms with Crippen LogP contribution in [0.4, 0.5) is 4.39 Å². The van der Waals surface area contributed by atoms with E-state index in [9.17, 15) is 9.18 Å². The van der Waals surface area contributed by atoms with Gasteiger partial charge >= 0.3 is 0 Å². The largest absolute Gasteiger partial charge is 0.373 e. The second-order valence-electron chi connectivity index (χ2n) is 9.98. The van der Waals surface area contributed by atoms with E-state index in [4.69, 9.17) is 4.74 Å². The van der Waals surface area contributed by atoms with Crippen molar-refractivity contribution in [2.24, 2.45) is 5.92 Å². The number of hydrogen-bond acceptors (Lipinski definition) is 3. The lowest BCUT2D eigenvalue weighted by Gasteiger charge is -2.39. The van der Waals surface area contributed by atoms with E-state index in [1.165, 1.54) is 6.07 Å². The Kier molecular flexibility index (Phi) is 6.70. The minimum Gasteiger partial charge on any atom is -0.373 e.